The summed E-state index contributed by atoms with van der Waals surface area (Å²) in [4.78, 5) is 11.7. The van der Waals surface area contributed by atoms with Crippen molar-refractivity contribution in [2.75, 3.05) is 7.11 Å². The summed E-state index contributed by atoms with van der Waals surface area (Å²) in [5.41, 5.74) is 7.14. The van der Waals surface area contributed by atoms with Gasteiger partial charge in [-0.1, -0.05) is 13.8 Å². The molecule has 0 bridgehead atoms. The molecule has 1 aliphatic carbocycles. The van der Waals surface area contributed by atoms with Gasteiger partial charge >= 0.3 is 5.97 Å². The van der Waals surface area contributed by atoms with Crippen LogP contribution in [0.2, 0.25) is 0 Å². The number of carbonyl (C=O) groups excluding carboxylic acids is 1. The van der Waals surface area contributed by atoms with Crippen LogP contribution in [0.4, 0.5) is 0 Å². The average molecular weight is 237 g/mol. The fourth-order valence-corrected chi connectivity index (χ4v) is 2.43. The first-order valence-electron chi connectivity index (χ1n) is 5.73. The number of ether oxygens (including phenoxy) is 1. The zero-order valence-corrected chi connectivity index (χ0v) is 10.8. The summed E-state index contributed by atoms with van der Waals surface area (Å²) in [7, 11) is 3.21. The molecule has 1 saturated carbocycles. The molecule has 17 heavy (non-hydrogen) atoms. The minimum absolute atomic E-state index is 0.233. The lowest BCUT2D eigenvalue weighted by Crippen LogP contribution is -2.45. The molecule has 1 aromatic rings. The van der Waals surface area contributed by atoms with Gasteiger partial charge in [-0.2, -0.15) is 5.10 Å². The summed E-state index contributed by atoms with van der Waals surface area (Å²) in [6, 6.07) is 0. The highest BCUT2D eigenvalue weighted by molar-refractivity contribution is 5.90. The van der Waals surface area contributed by atoms with E-state index in [1.165, 1.54) is 7.11 Å². The molecule has 1 fully saturated rings. The van der Waals surface area contributed by atoms with Crippen LogP contribution < -0.4 is 5.73 Å². The fraction of sp³-hybridized carbons (Fsp3) is 0.667. The van der Waals surface area contributed by atoms with Gasteiger partial charge in [0.05, 0.1) is 19.0 Å². The van der Waals surface area contributed by atoms with E-state index in [2.05, 4.69) is 18.9 Å². The molecule has 5 nitrogen and oxygen atoms in total. The second kappa shape index (κ2) is 3.57. The lowest BCUT2D eigenvalue weighted by Gasteiger charge is -2.32. The second-order valence-corrected chi connectivity index (χ2v) is 5.30. The molecule has 5 heteroatoms. The molecule has 1 heterocycles. The first-order chi connectivity index (χ1) is 7.83. The summed E-state index contributed by atoms with van der Waals surface area (Å²) < 4.78 is 6.51. The number of rotatable bonds is 3. The number of aryl methyl sites for hydroxylation is 1. The topological polar surface area (TPSA) is 70.1 Å². The highest BCUT2D eigenvalue weighted by atomic mass is 16.5. The molecular weight excluding hydrogens is 218 g/mol. The quantitative estimate of drug-likeness (QED) is 0.795. The van der Waals surface area contributed by atoms with Crippen molar-refractivity contribution in [1.29, 1.82) is 0 Å². The maximum Gasteiger partial charge on any atom is 0.341 e. The number of hydrogen-bond donors (Lipinski definition) is 1. The van der Waals surface area contributed by atoms with Gasteiger partial charge in [0.1, 0.15) is 5.56 Å². The fourth-order valence-electron chi connectivity index (χ4n) is 2.43. The van der Waals surface area contributed by atoms with Crippen LogP contribution in [0.1, 0.15) is 42.7 Å². The third-order valence-corrected chi connectivity index (χ3v) is 3.97. The molecule has 0 spiro atoms. The van der Waals surface area contributed by atoms with Crippen molar-refractivity contribution < 1.29 is 9.53 Å². The molecule has 0 aliphatic heterocycles. The number of aromatic nitrogens is 2. The Labute approximate surface area is 101 Å². The second-order valence-electron chi connectivity index (χ2n) is 5.30. The predicted molar refractivity (Wildman–Crippen MR) is 63.7 cm³/mol. The van der Waals surface area contributed by atoms with Gasteiger partial charge in [0.2, 0.25) is 0 Å². The van der Waals surface area contributed by atoms with Gasteiger partial charge in [-0.3, -0.25) is 4.68 Å². The summed E-state index contributed by atoms with van der Waals surface area (Å²) in [5, 5.41) is 4.15. The zero-order chi connectivity index (χ0) is 12.8. The number of methoxy groups -OCH3 is 1. The third-order valence-electron chi connectivity index (χ3n) is 3.97. The van der Waals surface area contributed by atoms with E-state index in [-0.39, 0.29) is 16.9 Å². The van der Waals surface area contributed by atoms with Crippen LogP contribution in [0, 0.1) is 0 Å². The number of hydrogen-bond acceptors (Lipinski definition) is 4. The number of esters is 1. The highest BCUT2D eigenvalue weighted by Crippen LogP contribution is 2.49. The molecule has 0 unspecified atom stereocenters. The Morgan fingerprint density at radius 2 is 2.18 bits per heavy atom. The molecule has 2 N–H and O–H groups in total. The summed E-state index contributed by atoms with van der Waals surface area (Å²) in [5.74, 6) is -0.356. The molecule has 0 aromatic carbocycles. The number of carbonyl (C=O) groups is 1. The van der Waals surface area contributed by atoms with Crippen molar-refractivity contribution in [3.8, 4) is 0 Å². The van der Waals surface area contributed by atoms with Gasteiger partial charge in [-0.05, 0) is 12.8 Å². The molecular formula is C12H19N3O2. The van der Waals surface area contributed by atoms with Crippen LogP contribution in [0.25, 0.3) is 0 Å². The molecule has 0 amide bonds. The highest BCUT2D eigenvalue weighted by Gasteiger charge is 2.54. The van der Waals surface area contributed by atoms with Gasteiger partial charge in [-0.25, -0.2) is 4.79 Å². The predicted octanol–water partition coefficient (Wildman–Crippen LogP) is 0.976. The van der Waals surface area contributed by atoms with Gasteiger partial charge in [-0.15, -0.1) is 0 Å². The average Bonchev–Trinajstić information content (AvgIpc) is 2.90. The summed E-state index contributed by atoms with van der Waals surface area (Å²) in [6.07, 6.45) is 3.51. The molecule has 0 saturated heterocycles. The van der Waals surface area contributed by atoms with E-state index in [0.29, 0.717) is 5.56 Å². The molecule has 0 radical (unpaired) electrons. The van der Waals surface area contributed by atoms with Crippen molar-refractivity contribution in [1.82, 2.24) is 9.78 Å². The Hall–Kier alpha value is -1.36. The van der Waals surface area contributed by atoms with Crippen molar-refractivity contribution in [2.45, 2.75) is 37.6 Å². The SMILES string of the molecule is COC(=O)c1cnn(C)c1C(C)(C)C1(N)CC1. The molecule has 94 valence electrons. The first-order valence-corrected chi connectivity index (χ1v) is 5.73. The minimum atomic E-state index is -0.356. The van der Waals surface area contributed by atoms with Crippen molar-refractivity contribution in [3.05, 3.63) is 17.5 Å². The molecule has 2 rings (SSSR count). The number of nitrogens with zero attached hydrogens (tertiary/aromatic N) is 2. The Morgan fingerprint density at radius 1 is 1.59 bits per heavy atom. The van der Waals surface area contributed by atoms with Gasteiger partial charge in [0.25, 0.3) is 0 Å². The largest absolute Gasteiger partial charge is 0.465 e. The van der Waals surface area contributed by atoms with Crippen molar-refractivity contribution in [3.63, 3.8) is 0 Å². The normalized spacial score (nSPS) is 17.9. The monoisotopic (exact) mass is 237 g/mol. The van der Waals surface area contributed by atoms with Crippen molar-refractivity contribution >= 4 is 5.97 Å². The minimum Gasteiger partial charge on any atom is -0.465 e. The van der Waals surface area contributed by atoms with E-state index in [0.717, 1.165) is 18.5 Å². The number of nitrogens with two attached hydrogens (primary N) is 1. The summed E-state index contributed by atoms with van der Waals surface area (Å²) >= 11 is 0. The van der Waals surface area contributed by atoms with Crippen molar-refractivity contribution in [2.24, 2.45) is 12.8 Å². The van der Waals surface area contributed by atoms with Crippen LogP contribution in [-0.2, 0) is 17.2 Å². The van der Waals surface area contributed by atoms with E-state index in [1.54, 1.807) is 10.9 Å². The van der Waals surface area contributed by atoms with E-state index < -0.39 is 0 Å². The van der Waals surface area contributed by atoms with E-state index in [4.69, 9.17) is 10.5 Å². The van der Waals surface area contributed by atoms with Crippen LogP contribution >= 0.6 is 0 Å². The van der Waals surface area contributed by atoms with E-state index >= 15 is 0 Å². The zero-order valence-electron chi connectivity index (χ0n) is 10.8. The van der Waals surface area contributed by atoms with Crippen LogP contribution in [0.5, 0.6) is 0 Å². The smallest absolute Gasteiger partial charge is 0.341 e. The maximum absolute atomic E-state index is 11.7. The standard InChI is InChI=1S/C12H19N3O2/c1-11(2,12(13)5-6-12)9-8(10(16)17-4)7-14-15(9)3/h7H,5-6,13H2,1-4H3. The van der Waals surface area contributed by atoms with E-state index in [1.807, 2.05) is 7.05 Å². The Balaban J connectivity index is 2.51. The third kappa shape index (κ3) is 1.65. The lowest BCUT2D eigenvalue weighted by atomic mass is 9.77. The van der Waals surface area contributed by atoms with Gasteiger partial charge < -0.3 is 10.5 Å². The lowest BCUT2D eigenvalue weighted by molar-refractivity contribution is 0.0597. The summed E-state index contributed by atoms with van der Waals surface area (Å²) in [6.45, 7) is 4.12. The van der Waals surface area contributed by atoms with Crippen LogP contribution in [-0.4, -0.2) is 28.4 Å². The van der Waals surface area contributed by atoms with Crippen LogP contribution in [0.3, 0.4) is 0 Å². The molecule has 1 aliphatic rings. The van der Waals surface area contributed by atoms with Gasteiger partial charge in [0.15, 0.2) is 0 Å². The maximum atomic E-state index is 11.7. The Morgan fingerprint density at radius 3 is 2.65 bits per heavy atom. The first kappa shape index (κ1) is 12.1. The van der Waals surface area contributed by atoms with Gasteiger partial charge in [0, 0.05) is 18.0 Å². The Kier molecular flexibility index (Phi) is 2.54. The van der Waals surface area contributed by atoms with E-state index in [9.17, 15) is 4.79 Å². The molecule has 0 atom stereocenters. The Bertz CT molecular complexity index is 458. The van der Waals surface area contributed by atoms with Crippen LogP contribution in [0.15, 0.2) is 6.20 Å². The molecule has 1 aromatic heterocycles.